The van der Waals surface area contributed by atoms with Crippen LogP contribution in [0.15, 0.2) is 17.3 Å². The fourth-order valence-electron chi connectivity index (χ4n) is 0.563. The maximum absolute atomic E-state index is 7.00. The van der Waals surface area contributed by atoms with Gasteiger partial charge in [0.2, 0.25) is 0 Å². The molecule has 2 nitrogen and oxygen atoms in total. The van der Waals surface area contributed by atoms with E-state index in [1.54, 1.807) is 0 Å². The molecule has 2 heteroatoms. The van der Waals surface area contributed by atoms with Crippen molar-refractivity contribution in [1.82, 2.24) is 0 Å². The van der Waals surface area contributed by atoms with E-state index in [9.17, 15) is 0 Å². The summed E-state index contributed by atoms with van der Waals surface area (Å²) in [7, 11) is 1.00. The number of hydrogen-bond donors (Lipinski definition) is 1. The Kier molecular flexibility index (Phi) is 5.12. The molecule has 0 spiro atoms. The molecule has 0 aromatic carbocycles. The Balaban J connectivity index is 0.000000291. The molecule has 0 bridgehead atoms. The van der Waals surface area contributed by atoms with Gasteiger partial charge < -0.3 is 5.11 Å². The Morgan fingerprint density at radius 1 is 1.56 bits per heavy atom. The number of nitrogens with zero attached hydrogens (tertiary/aromatic N) is 1. The summed E-state index contributed by atoms with van der Waals surface area (Å²) in [5.41, 5.74) is 0. The van der Waals surface area contributed by atoms with Crippen LogP contribution in [0.4, 0.5) is 0 Å². The average Bonchev–Trinajstić information content (AvgIpc) is 1.94. The molecule has 0 fully saturated rings. The first-order valence-electron chi connectivity index (χ1n) is 3.02. The lowest BCUT2D eigenvalue weighted by Crippen LogP contribution is -1.92. The molecular weight excluding hydrogens is 114 g/mol. The molecule has 1 atom stereocenters. The minimum atomic E-state index is 0.706. The van der Waals surface area contributed by atoms with Crippen molar-refractivity contribution < 1.29 is 5.11 Å². The molecule has 52 valence electrons. The van der Waals surface area contributed by atoms with E-state index < -0.39 is 0 Å². The summed E-state index contributed by atoms with van der Waals surface area (Å²) in [4.78, 5) is 3.92. The molecule has 1 aliphatic rings. The van der Waals surface area contributed by atoms with Crippen molar-refractivity contribution in [2.75, 3.05) is 7.11 Å². The number of hydrogen-bond acceptors (Lipinski definition) is 2. The lowest BCUT2D eigenvalue weighted by atomic mass is 10.1. The van der Waals surface area contributed by atoms with E-state index in [0.717, 1.165) is 13.5 Å². The van der Waals surface area contributed by atoms with Crippen LogP contribution in [0.1, 0.15) is 13.3 Å². The maximum Gasteiger partial charge on any atom is 0.0319 e. The van der Waals surface area contributed by atoms with Gasteiger partial charge in [0.15, 0.2) is 0 Å². The number of aliphatic hydroxyl groups excluding tert-OH is 1. The quantitative estimate of drug-likeness (QED) is 0.521. The van der Waals surface area contributed by atoms with Gasteiger partial charge in [-0.25, -0.2) is 0 Å². The van der Waals surface area contributed by atoms with Crippen molar-refractivity contribution in [3.63, 3.8) is 0 Å². The molecule has 0 radical (unpaired) electrons. The molecule has 1 N–H and O–H groups in total. The van der Waals surface area contributed by atoms with Crippen LogP contribution in [0.5, 0.6) is 0 Å². The third-order valence-corrected chi connectivity index (χ3v) is 1.08. The second kappa shape index (κ2) is 5.51. The largest absolute Gasteiger partial charge is 0.400 e. The fourth-order valence-corrected chi connectivity index (χ4v) is 0.563. The zero-order valence-electron chi connectivity index (χ0n) is 5.91. The molecule has 0 saturated carbocycles. The number of aliphatic hydroxyl groups is 1. The summed E-state index contributed by atoms with van der Waals surface area (Å²) in [6, 6.07) is 0. The van der Waals surface area contributed by atoms with Gasteiger partial charge in [0.05, 0.1) is 0 Å². The zero-order valence-corrected chi connectivity index (χ0v) is 5.91. The molecular formula is C7H13NO. The molecule has 1 unspecified atom stereocenters. The van der Waals surface area contributed by atoms with Crippen LogP contribution in [0, 0.1) is 5.92 Å². The highest BCUT2D eigenvalue weighted by Crippen LogP contribution is 2.04. The van der Waals surface area contributed by atoms with Crippen LogP contribution in [0.3, 0.4) is 0 Å². The summed E-state index contributed by atoms with van der Waals surface area (Å²) in [5.74, 6) is 0.706. The third-order valence-electron chi connectivity index (χ3n) is 1.08. The van der Waals surface area contributed by atoms with Gasteiger partial charge in [-0.3, -0.25) is 4.99 Å². The molecule has 1 aliphatic heterocycles. The lowest BCUT2D eigenvalue weighted by Gasteiger charge is -2.01. The first-order chi connectivity index (χ1) is 4.39. The van der Waals surface area contributed by atoms with Crippen LogP contribution in [0.2, 0.25) is 0 Å². The van der Waals surface area contributed by atoms with Crippen molar-refractivity contribution in [2.45, 2.75) is 13.3 Å². The van der Waals surface area contributed by atoms with Crippen LogP contribution < -0.4 is 0 Å². The monoisotopic (exact) mass is 127 g/mol. The Morgan fingerprint density at radius 2 is 2.22 bits per heavy atom. The number of rotatable bonds is 0. The van der Waals surface area contributed by atoms with Gasteiger partial charge in [0.1, 0.15) is 0 Å². The zero-order chi connectivity index (χ0) is 7.11. The Labute approximate surface area is 55.9 Å². The van der Waals surface area contributed by atoms with Crippen molar-refractivity contribution in [3.8, 4) is 0 Å². The summed E-state index contributed by atoms with van der Waals surface area (Å²) in [5, 5.41) is 7.00. The normalized spacial score (nSPS) is 22.8. The van der Waals surface area contributed by atoms with Gasteiger partial charge in [-0.05, 0) is 12.3 Å². The standard InChI is InChI=1S/C6H9N.CH4O/c1-6-2-4-7-5-3-6;1-2/h2,4-6H,3H2,1H3;2H,1H3. The Bertz CT molecular complexity index is 107. The van der Waals surface area contributed by atoms with Crippen molar-refractivity contribution in [3.05, 3.63) is 12.3 Å². The minimum absolute atomic E-state index is 0.706. The highest BCUT2D eigenvalue weighted by molar-refractivity contribution is 5.59. The maximum atomic E-state index is 7.00. The molecule has 0 aliphatic carbocycles. The Morgan fingerprint density at radius 3 is 2.44 bits per heavy atom. The van der Waals surface area contributed by atoms with Crippen molar-refractivity contribution >= 4 is 6.21 Å². The van der Waals surface area contributed by atoms with Gasteiger partial charge in [-0.1, -0.05) is 13.0 Å². The van der Waals surface area contributed by atoms with Crippen LogP contribution in [0.25, 0.3) is 0 Å². The third kappa shape index (κ3) is 3.91. The SMILES string of the molecule is CC1C=CN=CC1.CO. The van der Waals surface area contributed by atoms with E-state index in [0.29, 0.717) is 5.92 Å². The molecule has 0 aromatic rings. The first kappa shape index (κ1) is 8.37. The van der Waals surface area contributed by atoms with Gasteiger partial charge in [-0.15, -0.1) is 0 Å². The highest BCUT2D eigenvalue weighted by Gasteiger charge is 1.94. The second-order valence-corrected chi connectivity index (χ2v) is 1.89. The van der Waals surface area contributed by atoms with Crippen LogP contribution >= 0.6 is 0 Å². The summed E-state index contributed by atoms with van der Waals surface area (Å²) >= 11 is 0. The molecule has 0 saturated heterocycles. The van der Waals surface area contributed by atoms with E-state index >= 15 is 0 Å². The van der Waals surface area contributed by atoms with Crippen molar-refractivity contribution in [1.29, 1.82) is 0 Å². The van der Waals surface area contributed by atoms with E-state index in [-0.39, 0.29) is 0 Å². The van der Waals surface area contributed by atoms with Crippen molar-refractivity contribution in [2.24, 2.45) is 10.9 Å². The Hall–Kier alpha value is -0.630. The summed E-state index contributed by atoms with van der Waals surface area (Å²) < 4.78 is 0. The summed E-state index contributed by atoms with van der Waals surface area (Å²) in [6.07, 6.45) is 7.02. The first-order valence-corrected chi connectivity index (χ1v) is 3.02. The van der Waals surface area contributed by atoms with Crippen LogP contribution in [-0.4, -0.2) is 18.4 Å². The predicted molar refractivity (Wildman–Crippen MR) is 39.6 cm³/mol. The van der Waals surface area contributed by atoms with Crippen LogP contribution in [-0.2, 0) is 0 Å². The second-order valence-electron chi connectivity index (χ2n) is 1.89. The lowest BCUT2D eigenvalue weighted by molar-refractivity contribution is 0.399. The van der Waals surface area contributed by atoms with E-state index in [1.807, 2.05) is 12.4 Å². The minimum Gasteiger partial charge on any atom is -0.400 e. The fraction of sp³-hybridized carbons (Fsp3) is 0.571. The number of allylic oxidation sites excluding steroid dienone is 1. The van der Waals surface area contributed by atoms with E-state index in [4.69, 9.17) is 5.11 Å². The highest BCUT2D eigenvalue weighted by atomic mass is 16.2. The summed E-state index contributed by atoms with van der Waals surface area (Å²) in [6.45, 7) is 2.18. The van der Waals surface area contributed by atoms with E-state index in [2.05, 4.69) is 18.0 Å². The average molecular weight is 127 g/mol. The number of aliphatic imine (C=N–C) groups is 1. The smallest absolute Gasteiger partial charge is 0.0319 e. The van der Waals surface area contributed by atoms with Gasteiger partial charge >= 0.3 is 0 Å². The van der Waals surface area contributed by atoms with Gasteiger partial charge in [0.25, 0.3) is 0 Å². The van der Waals surface area contributed by atoms with Gasteiger partial charge in [-0.2, -0.15) is 0 Å². The molecule has 0 aromatic heterocycles. The molecule has 9 heavy (non-hydrogen) atoms. The van der Waals surface area contributed by atoms with Gasteiger partial charge in [0, 0.05) is 19.5 Å². The molecule has 1 rings (SSSR count). The molecule has 0 amide bonds. The molecule has 1 heterocycles. The topological polar surface area (TPSA) is 32.6 Å². The predicted octanol–water partition coefficient (Wildman–Crippen LogP) is 1.22. The van der Waals surface area contributed by atoms with E-state index in [1.165, 1.54) is 0 Å².